The van der Waals surface area contributed by atoms with Crippen LogP contribution in [-0.2, 0) is 13.6 Å². The Morgan fingerprint density at radius 1 is 1.40 bits per heavy atom. The molecule has 2 aromatic rings. The summed E-state index contributed by atoms with van der Waals surface area (Å²) < 4.78 is 1.79. The topological polar surface area (TPSA) is 59.8 Å². The Labute approximate surface area is 126 Å². The molecule has 5 nitrogen and oxygen atoms in total. The summed E-state index contributed by atoms with van der Waals surface area (Å²) in [6.07, 6.45) is 1.40. The van der Waals surface area contributed by atoms with E-state index in [1.807, 2.05) is 20.9 Å². The van der Waals surface area contributed by atoms with Crippen molar-refractivity contribution in [3.05, 3.63) is 45.0 Å². The van der Waals surface area contributed by atoms with Crippen molar-refractivity contribution in [1.82, 2.24) is 20.1 Å². The number of hydrogen-bond acceptors (Lipinski definition) is 3. The zero-order chi connectivity index (χ0) is 14.9. The summed E-state index contributed by atoms with van der Waals surface area (Å²) in [5.74, 6) is -0.251. The van der Waals surface area contributed by atoms with E-state index in [2.05, 4.69) is 15.4 Å². The predicted octanol–water partition coefficient (Wildman–Crippen LogP) is 2.67. The molecule has 0 aliphatic carbocycles. The smallest absolute Gasteiger partial charge is 0.253 e. The second-order valence-electron chi connectivity index (χ2n) is 4.45. The number of carbonyl (C=O) groups excluding carboxylic acids is 1. The highest BCUT2D eigenvalue weighted by molar-refractivity contribution is 6.41. The van der Waals surface area contributed by atoms with Gasteiger partial charge in [-0.2, -0.15) is 5.10 Å². The van der Waals surface area contributed by atoms with Crippen molar-refractivity contribution >= 4 is 29.1 Å². The van der Waals surface area contributed by atoms with E-state index in [-0.39, 0.29) is 16.1 Å². The molecule has 7 heteroatoms. The lowest BCUT2D eigenvalue weighted by Gasteiger charge is -2.06. The zero-order valence-corrected chi connectivity index (χ0v) is 12.9. The number of rotatable bonds is 3. The van der Waals surface area contributed by atoms with Crippen LogP contribution in [0.25, 0.3) is 0 Å². The Bertz CT molecular complexity index is 667. The lowest BCUT2D eigenvalue weighted by Crippen LogP contribution is -2.23. The Balaban J connectivity index is 2.10. The van der Waals surface area contributed by atoms with Crippen molar-refractivity contribution < 1.29 is 4.79 Å². The van der Waals surface area contributed by atoms with Gasteiger partial charge in [-0.25, -0.2) is 4.98 Å². The summed E-state index contributed by atoms with van der Waals surface area (Å²) in [5.41, 5.74) is 3.31. The first-order valence-electron chi connectivity index (χ1n) is 5.98. The van der Waals surface area contributed by atoms with Gasteiger partial charge in [-0.15, -0.1) is 0 Å². The molecule has 1 amide bonds. The van der Waals surface area contributed by atoms with E-state index < -0.39 is 0 Å². The first-order chi connectivity index (χ1) is 9.40. The highest BCUT2D eigenvalue weighted by Crippen LogP contribution is 2.19. The van der Waals surface area contributed by atoms with Gasteiger partial charge in [-0.1, -0.05) is 23.2 Å². The minimum absolute atomic E-state index is 0.183. The SMILES string of the molecule is Cc1nn(C)c(C)c1CNC(=O)c1cnc(Cl)c(Cl)c1. The molecule has 2 aromatic heterocycles. The van der Waals surface area contributed by atoms with Gasteiger partial charge in [0.2, 0.25) is 0 Å². The van der Waals surface area contributed by atoms with Gasteiger partial charge in [0, 0.05) is 31.0 Å². The quantitative estimate of drug-likeness (QED) is 0.886. The van der Waals surface area contributed by atoms with Gasteiger partial charge in [0.05, 0.1) is 16.3 Å². The average Bonchev–Trinajstić information content (AvgIpc) is 2.64. The molecule has 0 fully saturated rings. The van der Waals surface area contributed by atoms with Crippen molar-refractivity contribution in [3.8, 4) is 0 Å². The normalized spacial score (nSPS) is 10.7. The van der Waals surface area contributed by atoms with Crippen molar-refractivity contribution in [2.24, 2.45) is 7.05 Å². The Kier molecular flexibility index (Phi) is 4.30. The van der Waals surface area contributed by atoms with Crippen LogP contribution in [0, 0.1) is 13.8 Å². The Hall–Kier alpha value is -1.59. The maximum Gasteiger partial charge on any atom is 0.253 e. The highest BCUT2D eigenvalue weighted by atomic mass is 35.5. The molecule has 0 atom stereocenters. The monoisotopic (exact) mass is 312 g/mol. The van der Waals surface area contributed by atoms with E-state index in [0.717, 1.165) is 17.0 Å². The molecule has 0 spiro atoms. The van der Waals surface area contributed by atoms with Gasteiger partial charge >= 0.3 is 0 Å². The molecule has 0 aliphatic rings. The van der Waals surface area contributed by atoms with E-state index in [1.165, 1.54) is 12.3 Å². The molecule has 0 saturated heterocycles. The number of nitrogens with one attached hydrogen (secondary N) is 1. The molecule has 1 N–H and O–H groups in total. The Morgan fingerprint density at radius 2 is 2.10 bits per heavy atom. The summed E-state index contributed by atoms with van der Waals surface area (Å²) in [6.45, 7) is 4.28. The molecule has 2 heterocycles. The van der Waals surface area contributed by atoms with Gasteiger partial charge in [-0.3, -0.25) is 9.48 Å². The lowest BCUT2D eigenvalue weighted by atomic mass is 10.2. The van der Waals surface area contributed by atoms with Crippen LogP contribution in [0.4, 0.5) is 0 Å². The van der Waals surface area contributed by atoms with Crippen molar-refractivity contribution in [3.63, 3.8) is 0 Å². The fourth-order valence-corrected chi connectivity index (χ4v) is 2.16. The minimum Gasteiger partial charge on any atom is -0.348 e. The molecule has 0 unspecified atom stereocenters. The van der Waals surface area contributed by atoms with Crippen LogP contribution in [0.1, 0.15) is 27.3 Å². The number of nitrogens with zero attached hydrogens (tertiary/aromatic N) is 3. The van der Waals surface area contributed by atoms with Crippen molar-refractivity contribution in [1.29, 1.82) is 0 Å². The summed E-state index contributed by atoms with van der Waals surface area (Å²) in [6, 6.07) is 1.50. The lowest BCUT2D eigenvalue weighted by molar-refractivity contribution is 0.0950. The van der Waals surface area contributed by atoms with E-state index in [9.17, 15) is 4.79 Å². The van der Waals surface area contributed by atoms with E-state index in [4.69, 9.17) is 23.2 Å². The number of hydrogen-bond donors (Lipinski definition) is 1. The molecule has 0 radical (unpaired) electrons. The third kappa shape index (κ3) is 2.94. The number of pyridine rings is 1. The molecule has 20 heavy (non-hydrogen) atoms. The van der Waals surface area contributed by atoms with Crippen LogP contribution in [0.15, 0.2) is 12.3 Å². The molecular weight excluding hydrogens is 299 g/mol. The molecule has 0 aliphatic heterocycles. The fourth-order valence-electron chi connectivity index (χ4n) is 1.89. The van der Waals surface area contributed by atoms with Gasteiger partial charge in [0.15, 0.2) is 0 Å². The number of carbonyl (C=O) groups is 1. The summed E-state index contributed by atoms with van der Waals surface area (Å²) in [7, 11) is 1.87. The van der Waals surface area contributed by atoms with Gasteiger partial charge in [-0.05, 0) is 19.9 Å². The van der Waals surface area contributed by atoms with Gasteiger partial charge in [0.25, 0.3) is 5.91 Å². The van der Waals surface area contributed by atoms with Gasteiger partial charge in [0.1, 0.15) is 5.15 Å². The number of amides is 1. The van der Waals surface area contributed by atoms with Crippen molar-refractivity contribution in [2.75, 3.05) is 0 Å². The van der Waals surface area contributed by atoms with Crippen LogP contribution in [-0.4, -0.2) is 20.7 Å². The van der Waals surface area contributed by atoms with Crippen LogP contribution in [0.3, 0.4) is 0 Å². The largest absolute Gasteiger partial charge is 0.348 e. The van der Waals surface area contributed by atoms with Crippen LogP contribution in [0.2, 0.25) is 10.2 Å². The molecular formula is C13H14Cl2N4O. The second kappa shape index (κ2) is 5.81. The zero-order valence-electron chi connectivity index (χ0n) is 11.4. The van der Waals surface area contributed by atoms with Crippen LogP contribution in [0.5, 0.6) is 0 Å². The minimum atomic E-state index is -0.251. The summed E-state index contributed by atoms with van der Waals surface area (Å²) in [4.78, 5) is 15.9. The molecule has 0 aromatic carbocycles. The standard InChI is InChI=1S/C13H14Cl2N4O/c1-7-10(8(2)19(3)18-7)6-17-13(20)9-4-11(14)12(15)16-5-9/h4-5H,6H2,1-3H3,(H,17,20). The number of aromatic nitrogens is 3. The molecule has 106 valence electrons. The first-order valence-corrected chi connectivity index (χ1v) is 6.74. The van der Waals surface area contributed by atoms with E-state index in [0.29, 0.717) is 12.1 Å². The van der Waals surface area contributed by atoms with E-state index >= 15 is 0 Å². The third-order valence-electron chi connectivity index (χ3n) is 3.14. The highest BCUT2D eigenvalue weighted by Gasteiger charge is 2.12. The maximum absolute atomic E-state index is 12.0. The van der Waals surface area contributed by atoms with Gasteiger partial charge < -0.3 is 5.32 Å². The summed E-state index contributed by atoms with van der Waals surface area (Å²) >= 11 is 11.6. The second-order valence-corrected chi connectivity index (χ2v) is 5.22. The number of halogens is 2. The third-order valence-corrected chi connectivity index (χ3v) is 3.83. The van der Waals surface area contributed by atoms with E-state index in [1.54, 1.807) is 4.68 Å². The first kappa shape index (κ1) is 14.8. The van der Waals surface area contributed by atoms with Crippen LogP contribution < -0.4 is 5.32 Å². The average molecular weight is 313 g/mol. The fraction of sp³-hybridized carbons (Fsp3) is 0.308. The molecule has 0 saturated carbocycles. The maximum atomic E-state index is 12.0. The van der Waals surface area contributed by atoms with Crippen LogP contribution >= 0.6 is 23.2 Å². The number of aryl methyl sites for hydroxylation is 2. The molecule has 0 bridgehead atoms. The predicted molar refractivity (Wildman–Crippen MR) is 78.1 cm³/mol. The molecule has 2 rings (SSSR count). The summed E-state index contributed by atoms with van der Waals surface area (Å²) in [5, 5.41) is 7.56. The van der Waals surface area contributed by atoms with Crippen molar-refractivity contribution in [2.45, 2.75) is 20.4 Å². The Morgan fingerprint density at radius 3 is 2.65 bits per heavy atom.